The molecule has 1 saturated heterocycles. The maximum atomic E-state index is 15.2. The summed E-state index contributed by atoms with van der Waals surface area (Å²) in [6, 6.07) is 7.28. The number of nitrogens with zero attached hydrogens (tertiary/aromatic N) is 1. The Balaban J connectivity index is 1.90. The molecule has 1 heterocycles. The van der Waals surface area contributed by atoms with Crippen LogP contribution in [0.1, 0.15) is 33.6 Å². The molecule has 1 aliphatic rings. The van der Waals surface area contributed by atoms with E-state index in [-0.39, 0.29) is 23.4 Å². The van der Waals surface area contributed by atoms with Crippen LogP contribution in [0.15, 0.2) is 36.4 Å². The Bertz CT molecular complexity index is 1190. The average molecular weight is 496 g/mol. The van der Waals surface area contributed by atoms with E-state index in [1.165, 1.54) is 12.1 Å². The number of nitrogens with one attached hydrogen (secondary N) is 2. The van der Waals surface area contributed by atoms with Crippen LogP contribution in [0.2, 0.25) is 0 Å². The number of amides is 2. The van der Waals surface area contributed by atoms with Gasteiger partial charge >= 0.3 is 6.09 Å². The zero-order valence-corrected chi connectivity index (χ0v) is 20.1. The van der Waals surface area contributed by atoms with Crippen LogP contribution in [0.3, 0.4) is 0 Å². The van der Waals surface area contributed by atoms with Crippen molar-refractivity contribution in [1.29, 1.82) is 0 Å². The molecule has 0 radical (unpaired) electrons. The predicted octanol–water partition coefficient (Wildman–Crippen LogP) is 4.02. The van der Waals surface area contributed by atoms with Crippen LogP contribution in [-0.4, -0.2) is 44.9 Å². The molecule has 1 fully saturated rings. The summed E-state index contributed by atoms with van der Waals surface area (Å²) < 4.78 is 61.1. The van der Waals surface area contributed by atoms with Gasteiger partial charge in [-0.2, -0.15) is 0 Å². The number of ether oxygens (including phenoxy) is 1. The van der Waals surface area contributed by atoms with Crippen molar-refractivity contribution >= 4 is 33.4 Å². The normalized spacial score (nSPS) is 16.8. The van der Waals surface area contributed by atoms with Gasteiger partial charge in [0.15, 0.2) is 11.6 Å². The number of rotatable bonds is 5. The Morgan fingerprint density at radius 1 is 1.15 bits per heavy atom. The topological polar surface area (TPSA) is 105 Å². The molecule has 0 saturated carbocycles. The third-order valence-electron chi connectivity index (χ3n) is 4.95. The van der Waals surface area contributed by atoms with Crippen LogP contribution in [0.4, 0.5) is 25.0 Å². The highest BCUT2D eigenvalue weighted by molar-refractivity contribution is 7.92. The number of para-hydroxylation sites is 1. The number of anilines is 2. The van der Waals surface area contributed by atoms with Crippen molar-refractivity contribution < 1.29 is 31.5 Å². The van der Waals surface area contributed by atoms with Crippen molar-refractivity contribution in [3.05, 3.63) is 48.0 Å². The Labute approximate surface area is 197 Å². The zero-order chi connectivity index (χ0) is 25.3. The molecule has 0 aromatic heterocycles. The Morgan fingerprint density at radius 2 is 1.76 bits per heavy atom. The van der Waals surface area contributed by atoms with Crippen LogP contribution in [0.25, 0.3) is 11.1 Å². The molecule has 1 aliphatic heterocycles. The summed E-state index contributed by atoms with van der Waals surface area (Å²) in [5, 5.41) is 2.47. The van der Waals surface area contributed by atoms with E-state index < -0.39 is 51.0 Å². The van der Waals surface area contributed by atoms with E-state index in [1.54, 1.807) is 32.9 Å². The lowest BCUT2D eigenvalue weighted by Crippen LogP contribution is -2.53. The molecular weight excluding hydrogens is 468 g/mol. The third kappa shape index (κ3) is 6.22. The van der Waals surface area contributed by atoms with Gasteiger partial charge in [0, 0.05) is 12.1 Å². The van der Waals surface area contributed by atoms with Gasteiger partial charge in [0.05, 0.1) is 11.9 Å². The Morgan fingerprint density at radius 3 is 2.35 bits per heavy atom. The summed E-state index contributed by atoms with van der Waals surface area (Å²) in [6.45, 7) is 5.11. The predicted molar refractivity (Wildman–Crippen MR) is 125 cm³/mol. The number of piperidine rings is 1. The quantitative estimate of drug-likeness (QED) is 0.652. The molecule has 0 bridgehead atoms. The second kappa shape index (κ2) is 9.57. The van der Waals surface area contributed by atoms with Gasteiger partial charge in [0.25, 0.3) is 0 Å². The number of sulfonamides is 1. The van der Waals surface area contributed by atoms with Crippen LogP contribution in [0, 0.1) is 11.6 Å². The minimum Gasteiger partial charge on any atom is -0.444 e. The van der Waals surface area contributed by atoms with E-state index in [4.69, 9.17) is 4.74 Å². The second-order valence-electron chi connectivity index (χ2n) is 9.04. The van der Waals surface area contributed by atoms with Crippen molar-refractivity contribution in [2.24, 2.45) is 0 Å². The van der Waals surface area contributed by atoms with E-state index >= 15 is 8.78 Å². The first-order chi connectivity index (χ1) is 15.7. The van der Waals surface area contributed by atoms with Crippen molar-refractivity contribution in [2.45, 2.75) is 45.3 Å². The monoisotopic (exact) mass is 495 g/mol. The van der Waals surface area contributed by atoms with E-state index in [0.29, 0.717) is 12.8 Å². The third-order valence-corrected chi connectivity index (χ3v) is 5.54. The van der Waals surface area contributed by atoms with Gasteiger partial charge < -0.3 is 15.0 Å². The zero-order valence-electron chi connectivity index (χ0n) is 19.3. The molecular formula is C23H27F2N3O5S. The number of halogens is 2. The van der Waals surface area contributed by atoms with E-state index in [2.05, 4.69) is 10.0 Å². The molecule has 34 heavy (non-hydrogen) atoms. The molecule has 0 aliphatic carbocycles. The molecule has 0 spiro atoms. The number of hydrogen-bond donors (Lipinski definition) is 2. The molecule has 0 unspecified atom stereocenters. The highest BCUT2D eigenvalue weighted by Gasteiger charge is 2.35. The lowest BCUT2D eigenvalue weighted by Gasteiger charge is -2.33. The molecule has 2 aromatic carbocycles. The van der Waals surface area contributed by atoms with Crippen LogP contribution < -0.4 is 14.9 Å². The standard InChI is InChI=1S/C23H27F2N3O5S/c1-23(2,3)33-22(30)26-19-10-7-11-28(21(19)29)20-16(24)12-14(13-17(20)25)15-8-5-6-9-18(15)27-34(4,31)32/h5-6,8-9,12-13,19,27H,7,10-11H2,1-4H3,(H,26,30)/t19-/m1/s1. The maximum absolute atomic E-state index is 15.2. The number of hydrogen-bond acceptors (Lipinski definition) is 5. The summed E-state index contributed by atoms with van der Waals surface area (Å²) in [5.74, 6) is -2.63. The number of carbonyl (C=O) groups excluding carboxylic acids is 2. The summed E-state index contributed by atoms with van der Waals surface area (Å²) >= 11 is 0. The van der Waals surface area contributed by atoms with Crippen LogP contribution in [0.5, 0.6) is 0 Å². The van der Waals surface area contributed by atoms with Gasteiger partial charge in [-0.3, -0.25) is 9.52 Å². The smallest absolute Gasteiger partial charge is 0.408 e. The maximum Gasteiger partial charge on any atom is 0.408 e. The summed E-state index contributed by atoms with van der Waals surface area (Å²) in [5.41, 5.74) is -0.770. The minimum atomic E-state index is -3.62. The van der Waals surface area contributed by atoms with Gasteiger partial charge in [-0.1, -0.05) is 18.2 Å². The first-order valence-electron chi connectivity index (χ1n) is 10.6. The highest BCUT2D eigenvalue weighted by Crippen LogP contribution is 2.35. The molecule has 2 N–H and O–H groups in total. The fraction of sp³-hybridized carbons (Fsp3) is 0.391. The second-order valence-corrected chi connectivity index (χ2v) is 10.8. The molecule has 184 valence electrons. The molecule has 2 aromatic rings. The fourth-order valence-electron chi connectivity index (χ4n) is 3.68. The van der Waals surface area contributed by atoms with Gasteiger partial charge in [-0.15, -0.1) is 0 Å². The molecule has 2 amide bonds. The van der Waals surface area contributed by atoms with Crippen LogP contribution in [-0.2, 0) is 19.6 Å². The van der Waals surface area contributed by atoms with Gasteiger partial charge in [-0.25, -0.2) is 22.0 Å². The first kappa shape index (κ1) is 25.4. The van der Waals surface area contributed by atoms with E-state index in [1.807, 2.05) is 0 Å². The van der Waals surface area contributed by atoms with E-state index in [0.717, 1.165) is 23.3 Å². The molecule has 11 heteroatoms. The van der Waals surface area contributed by atoms with Crippen molar-refractivity contribution in [3.8, 4) is 11.1 Å². The van der Waals surface area contributed by atoms with Crippen molar-refractivity contribution in [3.63, 3.8) is 0 Å². The first-order valence-corrected chi connectivity index (χ1v) is 12.5. The largest absolute Gasteiger partial charge is 0.444 e. The van der Waals surface area contributed by atoms with Gasteiger partial charge in [-0.05, 0) is 57.4 Å². The van der Waals surface area contributed by atoms with Gasteiger partial charge in [0.1, 0.15) is 17.3 Å². The lowest BCUT2D eigenvalue weighted by atomic mass is 10.0. The Kier molecular flexibility index (Phi) is 7.15. The summed E-state index contributed by atoms with van der Waals surface area (Å²) in [4.78, 5) is 26.0. The number of carbonyl (C=O) groups is 2. The minimum absolute atomic E-state index is 0.0741. The van der Waals surface area contributed by atoms with E-state index in [9.17, 15) is 18.0 Å². The molecule has 1 atom stereocenters. The highest BCUT2D eigenvalue weighted by atomic mass is 32.2. The molecule has 3 rings (SSSR count). The van der Waals surface area contributed by atoms with Gasteiger partial charge in [0.2, 0.25) is 15.9 Å². The van der Waals surface area contributed by atoms with Crippen molar-refractivity contribution in [1.82, 2.24) is 5.32 Å². The Hall–Kier alpha value is -3.21. The van der Waals surface area contributed by atoms with Crippen molar-refractivity contribution in [2.75, 3.05) is 22.4 Å². The van der Waals surface area contributed by atoms with Crippen LogP contribution >= 0.6 is 0 Å². The fourth-order valence-corrected chi connectivity index (χ4v) is 4.26. The molecule has 8 nitrogen and oxygen atoms in total. The average Bonchev–Trinajstić information content (AvgIpc) is 2.68. The summed E-state index contributed by atoms with van der Waals surface area (Å²) in [6.07, 6.45) is 0.894. The SMILES string of the molecule is CC(C)(C)OC(=O)N[C@@H]1CCCN(c2c(F)cc(-c3ccccc3NS(C)(=O)=O)cc2F)C1=O. The number of benzene rings is 2. The number of alkyl carbamates (subject to hydrolysis) is 1. The summed E-state index contributed by atoms with van der Waals surface area (Å²) in [7, 11) is -3.62. The lowest BCUT2D eigenvalue weighted by molar-refractivity contribution is -0.121.